The molecule has 1 aromatic rings. The van der Waals surface area contributed by atoms with Crippen LogP contribution >= 0.6 is 11.3 Å². The fourth-order valence-electron chi connectivity index (χ4n) is 2.48. The molecule has 1 fully saturated rings. The van der Waals surface area contributed by atoms with Gasteiger partial charge in [-0.05, 0) is 25.7 Å². The minimum atomic E-state index is -0.119. The standard InChI is InChI=1S/C16H27N3O2S/c1-11(12-5-7-21-8-6-12)18-15(20)17-9-14-19-13(10-22-14)16(2,3)4/h10-12H,5-9H2,1-4H3,(H2,17,18,20). The van der Waals surface area contributed by atoms with Gasteiger partial charge in [0, 0.05) is 30.1 Å². The molecule has 0 radical (unpaired) electrons. The van der Waals surface area contributed by atoms with Crippen LogP contribution < -0.4 is 10.6 Å². The highest BCUT2D eigenvalue weighted by atomic mass is 32.1. The number of carbonyl (C=O) groups is 1. The Morgan fingerprint density at radius 3 is 2.73 bits per heavy atom. The molecular formula is C16H27N3O2S. The fourth-order valence-corrected chi connectivity index (χ4v) is 3.44. The SMILES string of the molecule is CC(NC(=O)NCc1nc(C(C)(C)C)cs1)C1CCOCC1. The summed E-state index contributed by atoms with van der Waals surface area (Å²) in [6.07, 6.45) is 2.03. The Labute approximate surface area is 136 Å². The molecule has 1 aliphatic heterocycles. The zero-order valence-corrected chi connectivity index (χ0v) is 14.8. The van der Waals surface area contributed by atoms with Crippen molar-refractivity contribution >= 4 is 17.4 Å². The molecule has 1 atom stereocenters. The number of amides is 2. The van der Waals surface area contributed by atoms with E-state index in [0.29, 0.717) is 12.5 Å². The van der Waals surface area contributed by atoms with Crippen molar-refractivity contribution < 1.29 is 9.53 Å². The summed E-state index contributed by atoms with van der Waals surface area (Å²) in [5.74, 6) is 0.506. The Hall–Kier alpha value is -1.14. The Morgan fingerprint density at radius 1 is 1.45 bits per heavy atom. The zero-order chi connectivity index (χ0) is 16.2. The van der Waals surface area contributed by atoms with Gasteiger partial charge in [0.15, 0.2) is 0 Å². The van der Waals surface area contributed by atoms with Crippen molar-refractivity contribution in [3.8, 4) is 0 Å². The number of urea groups is 1. The van der Waals surface area contributed by atoms with E-state index in [9.17, 15) is 4.79 Å². The highest BCUT2D eigenvalue weighted by Gasteiger charge is 2.22. The molecule has 2 heterocycles. The summed E-state index contributed by atoms with van der Waals surface area (Å²) >= 11 is 1.60. The second-order valence-corrected chi connectivity index (χ2v) is 7.88. The number of ether oxygens (including phenoxy) is 1. The lowest BCUT2D eigenvalue weighted by Crippen LogP contribution is -2.45. The van der Waals surface area contributed by atoms with Crippen LogP contribution in [0.3, 0.4) is 0 Å². The summed E-state index contributed by atoms with van der Waals surface area (Å²) in [6, 6.07) is 0.0526. The van der Waals surface area contributed by atoms with Crippen molar-refractivity contribution in [2.75, 3.05) is 13.2 Å². The van der Waals surface area contributed by atoms with Crippen LogP contribution in [0.1, 0.15) is 51.2 Å². The van der Waals surface area contributed by atoms with Gasteiger partial charge in [0.1, 0.15) is 5.01 Å². The lowest BCUT2D eigenvalue weighted by Gasteiger charge is -2.28. The predicted molar refractivity (Wildman–Crippen MR) is 89.2 cm³/mol. The molecule has 5 nitrogen and oxygen atoms in total. The maximum atomic E-state index is 12.0. The summed E-state index contributed by atoms with van der Waals surface area (Å²) in [6.45, 7) is 10.6. The third-order valence-corrected chi connectivity index (χ3v) is 4.90. The highest BCUT2D eigenvalue weighted by molar-refractivity contribution is 7.09. The monoisotopic (exact) mass is 325 g/mol. The molecule has 0 spiro atoms. The van der Waals surface area contributed by atoms with Crippen LogP contribution in [0, 0.1) is 5.92 Å². The summed E-state index contributed by atoms with van der Waals surface area (Å²) in [5.41, 5.74) is 1.12. The van der Waals surface area contributed by atoms with Gasteiger partial charge in [-0.3, -0.25) is 0 Å². The minimum absolute atomic E-state index is 0.0502. The van der Waals surface area contributed by atoms with Crippen molar-refractivity contribution in [2.24, 2.45) is 5.92 Å². The maximum absolute atomic E-state index is 12.0. The van der Waals surface area contributed by atoms with Crippen molar-refractivity contribution in [1.29, 1.82) is 0 Å². The van der Waals surface area contributed by atoms with E-state index in [1.807, 2.05) is 0 Å². The van der Waals surface area contributed by atoms with E-state index in [2.05, 4.69) is 48.7 Å². The topological polar surface area (TPSA) is 63.2 Å². The van der Waals surface area contributed by atoms with Crippen LogP contribution in [-0.4, -0.2) is 30.3 Å². The van der Waals surface area contributed by atoms with E-state index in [1.54, 1.807) is 11.3 Å². The van der Waals surface area contributed by atoms with Crippen LogP contribution in [0.5, 0.6) is 0 Å². The first-order valence-corrected chi connectivity index (χ1v) is 8.81. The third kappa shape index (κ3) is 4.95. The van der Waals surface area contributed by atoms with Crippen LogP contribution in [0.2, 0.25) is 0 Å². The summed E-state index contributed by atoms with van der Waals surface area (Å²) in [5, 5.41) is 8.94. The number of rotatable bonds is 4. The lowest BCUT2D eigenvalue weighted by atomic mass is 9.93. The quantitative estimate of drug-likeness (QED) is 0.894. The number of nitrogens with zero attached hydrogens (tertiary/aromatic N) is 1. The molecule has 2 N–H and O–H groups in total. The average Bonchev–Trinajstić information content (AvgIpc) is 2.95. The average molecular weight is 325 g/mol. The van der Waals surface area contributed by atoms with Crippen molar-refractivity contribution in [2.45, 2.75) is 58.5 Å². The second kappa shape index (κ2) is 7.42. The van der Waals surface area contributed by atoms with Crippen LogP contribution in [-0.2, 0) is 16.7 Å². The molecule has 1 unspecified atom stereocenters. The molecule has 1 saturated heterocycles. The van der Waals surface area contributed by atoms with Gasteiger partial charge in [0.25, 0.3) is 0 Å². The molecule has 0 aromatic carbocycles. The lowest BCUT2D eigenvalue weighted by molar-refractivity contribution is 0.0571. The molecule has 0 bridgehead atoms. The molecule has 0 aliphatic carbocycles. The van der Waals surface area contributed by atoms with Crippen LogP contribution in [0.25, 0.3) is 0 Å². The van der Waals surface area contributed by atoms with Gasteiger partial charge in [0.05, 0.1) is 12.2 Å². The zero-order valence-electron chi connectivity index (χ0n) is 13.9. The fraction of sp³-hybridized carbons (Fsp3) is 0.750. The number of hydrogen-bond acceptors (Lipinski definition) is 4. The van der Waals surface area contributed by atoms with Gasteiger partial charge < -0.3 is 15.4 Å². The van der Waals surface area contributed by atoms with Crippen LogP contribution in [0.15, 0.2) is 5.38 Å². The Balaban J connectivity index is 1.76. The van der Waals surface area contributed by atoms with E-state index in [4.69, 9.17) is 4.74 Å². The van der Waals surface area contributed by atoms with E-state index in [0.717, 1.165) is 36.8 Å². The van der Waals surface area contributed by atoms with Gasteiger partial charge in [-0.15, -0.1) is 11.3 Å². The van der Waals surface area contributed by atoms with Gasteiger partial charge in [0.2, 0.25) is 0 Å². The molecule has 1 aromatic heterocycles. The summed E-state index contributed by atoms with van der Waals surface area (Å²) < 4.78 is 5.35. The van der Waals surface area contributed by atoms with Gasteiger partial charge >= 0.3 is 6.03 Å². The van der Waals surface area contributed by atoms with Crippen LogP contribution in [0.4, 0.5) is 4.79 Å². The smallest absolute Gasteiger partial charge is 0.315 e. The van der Waals surface area contributed by atoms with Crippen molar-refractivity contribution in [3.05, 3.63) is 16.1 Å². The van der Waals surface area contributed by atoms with Gasteiger partial charge in [-0.2, -0.15) is 0 Å². The molecule has 124 valence electrons. The van der Waals surface area contributed by atoms with E-state index in [-0.39, 0.29) is 17.5 Å². The first kappa shape index (κ1) is 17.2. The Kier molecular flexibility index (Phi) is 5.81. The number of carbonyl (C=O) groups excluding carboxylic acids is 1. The predicted octanol–water partition coefficient (Wildman–Crippen LogP) is 3.05. The molecule has 2 amide bonds. The number of thiazole rings is 1. The van der Waals surface area contributed by atoms with Crippen molar-refractivity contribution in [3.63, 3.8) is 0 Å². The second-order valence-electron chi connectivity index (χ2n) is 6.94. The Bertz CT molecular complexity index is 490. The normalized spacial score (nSPS) is 18.0. The number of aromatic nitrogens is 1. The summed E-state index contributed by atoms with van der Waals surface area (Å²) in [7, 11) is 0. The maximum Gasteiger partial charge on any atom is 0.315 e. The van der Waals surface area contributed by atoms with Crippen molar-refractivity contribution in [1.82, 2.24) is 15.6 Å². The highest BCUT2D eigenvalue weighted by Crippen LogP contribution is 2.23. The molecule has 2 rings (SSSR count). The van der Waals surface area contributed by atoms with E-state index in [1.165, 1.54) is 0 Å². The molecule has 22 heavy (non-hydrogen) atoms. The molecule has 1 aliphatic rings. The minimum Gasteiger partial charge on any atom is -0.381 e. The number of nitrogens with one attached hydrogen (secondary N) is 2. The molecule has 6 heteroatoms. The van der Waals surface area contributed by atoms with Gasteiger partial charge in [-0.25, -0.2) is 9.78 Å². The van der Waals surface area contributed by atoms with Gasteiger partial charge in [-0.1, -0.05) is 20.8 Å². The third-order valence-electron chi connectivity index (χ3n) is 4.05. The molecular weight excluding hydrogens is 298 g/mol. The Morgan fingerprint density at radius 2 is 2.14 bits per heavy atom. The molecule has 0 saturated carbocycles. The largest absolute Gasteiger partial charge is 0.381 e. The van der Waals surface area contributed by atoms with E-state index >= 15 is 0 Å². The first-order chi connectivity index (χ1) is 10.4. The first-order valence-electron chi connectivity index (χ1n) is 7.93. The number of hydrogen-bond donors (Lipinski definition) is 2. The van der Waals surface area contributed by atoms with E-state index < -0.39 is 0 Å². The summed E-state index contributed by atoms with van der Waals surface area (Å²) in [4.78, 5) is 16.6.